The number of aryl methyl sites for hydroxylation is 1. The first-order valence-corrected chi connectivity index (χ1v) is 10.8. The summed E-state index contributed by atoms with van der Waals surface area (Å²) in [6, 6.07) is 13.8. The standard InChI is InChI=1S/C25H26N2O4/c1-16-21(13-18-12-20(29-2)8-9-22(18)26-16)25(28)27(19-5-3-4-6-19)14-17-7-10-23-24(11-17)31-15-30-23/h7-13,19H,3-6,14-15H2,1-2H3. The fourth-order valence-corrected chi connectivity index (χ4v) is 4.57. The summed E-state index contributed by atoms with van der Waals surface area (Å²) in [6.45, 7) is 2.69. The first kappa shape index (κ1) is 19.7. The third kappa shape index (κ3) is 3.78. The number of rotatable bonds is 5. The van der Waals surface area contributed by atoms with Crippen molar-refractivity contribution in [3.8, 4) is 17.2 Å². The fraction of sp³-hybridized carbons (Fsp3) is 0.360. The summed E-state index contributed by atoms with van der Waals surface area (Å²) in [7, 11) is 1.64. The molecule has 1 amide bonds. The zero-order valence-electron chi connectivity index (χ0n) is 17.9. The lowest BCUT2D eigenvalue weighted by Crippen LogP contribution is -2.38. The number of hydrogen-bond acceptors (Lipinski definition) is 5. The second-order valence-electron chi connectivity index (χ2n) is 8.24. The Kier molecular flexibility index (Phi) is 5.14. The van der Waals surface area contributed by atoms with Crippen LogP contribution in [0.2, 0.25) is 0 Å². The lowest BCUT2D eigenvalue weighted by Gasteiger charge is -2.30. The maximum atomic E-state index is 13.8. The van der Waals surface area contributed by atoms with Gasteiger partial charge < -0.3 is 19.1 Å². The van der Waals surface area contributed by atoms with E-state index in [0.29, 0.717) is 12.1 Å². The van der Waals surface area contributed by atoms with Crippen LogP contribution in [0, 0.1) is 6.92 Å². The van der Waals surface area contributed by atoms with Crippen LogP contribution in [0.25, 0.3) is 10.9 Å². The Hall–Kier alpha value is -3.28. The highest BCUT2D eigenvalue weighted by molar-refractivity contribution is 5.99. The number of nitrogens with zero attached hydrogens (tertiary/aromatic N) is 2. The minimum absolute atomic E-state index is 0.0271. The van der Waals surface area contributed by atoms with Crippen molar-refractivity contribution in [2.24, 2.45) is 0 Å². The molecule has 2 aliphatic rings. The molecule has 1 aliphatic carbocycles. The monoisotopic (exact) mass is 418 g/mol. The fourth-order valence-electron chi connectivity index (χ4n) is 4.57. The average Bonchev–Trinajstić information content (AvgIpc) is 3.48. The number of pyridine rings is 1. The van der Waals surface area contributed by atoms with E-state index in [2.05, 4.69) is 0 Å². The summed E-state index contributed by atoms with van der Waals surface area (Å²) in [5.74, 6) is 2.28. The van der Waals surface area contributed by atoms with Crippen molar-refractivity contribution < 1.29 is 19.0 Å². The second-order valence-corrected chi connectivity index (χ2v) is 8.24. The Morgan fingerprint density at radius 3 is 2.71 bits per heavy atom. The van der Waals surface area contributed by atoms with E-state index in [9.17, 15) is 4.79 Å². The highest BCUT2D eigenvalue weighted by atomic mass is 16.7. The van der Waals surface area contributed by atoms with Crippen molar-refractivity contribution in [1.29, 1.82) is 0 Å². The quantitative estimate of drug-likeness (QED) is 0.592. The van der Waals surface area contributed by atoms with Gasteiger partial charge in [0.05, 0.1) is 23.9 Å². The molecule has 5 rings (SSSR count). The maximum absolute atomic E-state index is 13.8. The molecule has 0 bridgehead atoms. The summed E-state index contributed by atoms with van der Waals surface area (Å²) in [6.07, 6.45) is 4.37. The van der Waals surface area contributed by atoms with Crippen LogP contribution in [-0.2, 0) is 6.54 Å². The van der Waals surface area contributed by atoms with Crippen LogP contribution in [0.3, 0.4) is 0 Å². The molecular weight excluding hydrogens is 392 g/mol. The van der Waals surface area contributed by atoms with Gasteiger partial charge in [0.25, 0.3) is 5.91 Å². The third-order valence-electron chi connectivity index (χ3n) is 6.26. The normalized spacial score (nSPS) is 15.4. The first-order valence-electron chi connectivity index (χ1n) is 10.8. The Morgan fingerprint density at radius 2 is 1.90 bits per heavy atom. The number of ether oxygens (including phenoxy) is 3. The molecule has 6 heteroatoms. The van der Waals surface area contributed by atoms with E-state index in [4.69, 9.17) is 19.2 Å². The summed E-state index contributed by atoms with van der Waals surface area (Å²) in [4.78, 5) is 20.5. The smallest absolute Gasteiger partial charge is 0.256 e. The number of methoxy groups -OCH3 is 1. The van der Waals surface area contributed by atoms with Crippen LogP contribution in [0.5, 0.6) is 17.2 Å². The van der Waals surface area contributed by atoms with Crippen molar-refractivity contribution in [1.82, 2.24) is 9.88 Å². The zero-order valence-corrected chi connectivity index (χ0v) is 17.9. The molecule has 0 atom stereocenters. The molecule has 2 aromatic carbocycles. The molecule has 6 nitrogen and oxygen atoms in total. The zero-order chi connectivity index (χ0) is 21.4. The van der Waals surface area contributed by atoms with Gasteiger partial charge in [-0.15, -0.1) is 0 Å². The highest BCUT2D eigenvalue weighted by Gasteiger charge is 2.29. The largest absolute Gasteiger partial charge is 0.497 e. The first-order chi connectivity index (χ1) is 15.1. The van der Waals surface area contributed by atoms with Gasteiger partial charge in [-0.1, -0.05) is 18.9 Å². The van der Waals surface area contributed by atoms with E-state index in [1.807, 2.05) is 54.3 Å². The number of carbonyl (C=O) groups excluding carboxylic acids is 1. The molecule has 0 spiro atoms. The number of carbonyl (C=O) groups is 1. The van der Waals surface area contributed by atoms with Crippen molar-refractivity contribution in [2.45, 2.75) is 45.2 Å². The van der Waals surface area contributed by atoms with Crippen molar-refractivity contribution in [3.63, 3.8) is 0 Å². The van der Waals surface area contributed by atoms with E-state index < -0.39 is 0 Å². The van der Waals surface area contributed by atoms with Crippen LogP contribution in [-0.4, -0.2) is 35.7 Å². The number of benzene rings is 2. The van der Waals surface area contributed by atoms with Crippen LogP contribution in [0.15, 0.2) is 42.5 Å². The molecule has 0 N–H and O–H groups in total. The summed E-state index contributed by atoms with van der Waals surface area (Å²) >= 11 is 0. The summed E-state index contributed by atoms with van der Waals surface area (Å²) in [5, 5.41) is 0.905. The second kappa shape index (κ2) is 8.10. The summed E-state index contributed by atoms with van der Waals surface area (Å²) in [5.41, 5.74) is 3.29. The summed E-state index contributed by atoms with van der Waals surface area (Å²) < 4.78 is 16.3. The molecule has 1 saturated carbocycles. The highest BCUT2D eigenvalue weighted by Crippen LogP contribution is 2.34. The van der Waals surface area contributed by atoms with Gasteiger partial charge in [-0.05, 0) is 61.7 Å². The van der Waals surface area contributed by atoms with Crippen molar-refractivity contribution in [3.05, 3.63) is 59.3 Å². The van der Waals surface area contributed by atoms with Gasteiger partial charge in [-0.25, -0.2) is 0 Å². The van der Waals surface area contributed by atoms with Crippen LogP contribution < -0.4 is 14.2 Å². The maximum Gasteiger partial charge on any atom is 0.256 e. The molecule has 3 aromatic rings. The molecule has 160 valence electrons. The minimum Gasteiger partial charge on any atom is -0.497 e. The number of fused-ring (bicyclic) bond motifs is 2. The third-order valence-corrected chi connectivity index (χ3v) is 6.26. The molecular formula is C25H26N2O4. The van der Waals surface area contributed by atoms with Gasteiger partial charge in [0.1, 0.15) is 5.75 Å². The number of hydrogen-bond donors (Lipinski definition) is 0. The van der Waals surface area contributed by atoms with Gasteiger partial charge in [-0.3, -0.25) is 9.78 Å². The molecule has 0 saturated heterocycles. The SMILES string of the molecule is COc1ccc2nc(C)c(C(=O)N(Cc3ccc4c(c3)OCO4)C3CCCC3)cc2c1. The molecule has 31 heavy (non-hydrogen) atoms. The molecule has 2 heterocycles. The number of aromatic nitrogens is 1. The van der Waals surface area contributed by atoms with E-state index >= 15 is 0 Å². The average molecular weight is 418 g/mol. The molecule has 0 radical (unpaired) electrons. The van der Waals surface area contributed by atoms with Gasteiger partial charge >= 0.3 is 0 Å². The Morgan fingerprint density at radius 1 is 1.10 bits per heavy atom. The predicted octanol–water partition coefficient (Wildman–Crippen LogP) is 4.87. The van der Waals surface area contributed by atoms with E-state index in [1.54, 1.807) is 7.11 Å². The lowest BCUT2D eigenvalue weighted by molar-refractivity contribution is 0.0663. The Bertz CT molecular complexity index is 1140. The Labute approximate surface area is 181 Å². The van der Waals surface area contributed by atoms with E-state index in [1.165, 1.54) is 0 Å². The molecule has 1 fully saturated rings. The van der Waals surface area contributed by atoms with Crippen LogP contribution >= 0.6 is 0 Å². The van der Waals surface area contributed by atoms with E-state index in [-0.39, 0.29) is 18.7 Å². The van der Waals surface area contributed by atoms with Gasteiger partial charge in [0.2, 0.25) is 6.79 Å². The van der Waals surface area contributed by atoms with Gasteiger partial charge in [0, 0.05) is 18.0 Å². The van der Waals surface area contributed by atoms with Crippen molar-refractivity contribution in [2.75, 3.05) is 13.9 Å². The molecule has 0 unspecified atom stereocenters. The van der Waals surface area contributed by atoms with Crippen LogP contribution in [0.4, 0.5) is 0 Å². The van der Waals surface area contributed by atoms with Crippen molar-refractivity contribution >= 4 is 16.8 Å². The molecule has 1 aliphatic heterocycles. The lowest BCUT2D eigenvalue weighted by atomic mass is 10.1. The topological polar surface area (TPSA) is 60.9 Å². The van der Waals surface area contributed by atoms with Crippen LogP contribution in [0.1, 0.15) is 47.3 Å². The predicted molar refractivity (Wildman–Crippen MR) is 118 cm³/mol. The van der Waals surface area contributed by atoms with E-state index in [0.717, 1.165) is 65.1 Å². The molecule has 1 aromatic heterocycles. The Balaban J connectivity index is 1.50. The van der Waals surface area contributed by atoms with Gasteiger partial charge in [-0.2, -0.15) is 0 Å². The minimum atomic E-state index is 0.0271. The number of amides is 1. The van der Waals surface area contributed by atoms with Gasteiger partial charge in [0.15, 0.2) is 11.5 Å².